The van der Waals surface area contributed by atoms with Gasteiger partial charge in [-0.2, -0.15) is 0 Å². The molecule has 0 spiro atoms. The molecule has 1 aromatic heterocycles. The molecule has 0 aromatic carbocycles. The molecule has 0 atom stereocenters. The smallest absolute Gasteiger partial charge is 0.233 e. The first-order valence-corrected chi connectivity index (χ1v) is 5.01. The van der Waals surface area contributed by atoms with Crippen molar-refractivity contribution in [2.24, 2.45) is 0 Å². The summed E-state index contributed by atoms with van der Waals surface area (Å²) < 4.78 is 6.21. The lowest BCUT2D eigenvalue weighted by Crippen LogP contribution is -1.99. The minimum Gasteiger partial charge on any atom is -0.477 e. The minimum atomic E-state index is 0.621. The molecule has 1 aromatic rings. The average molecular weight is 278 g/mol. The Labute approximate surface area is 85.7 Å². The van der Waals surface area contributed by atoms with E-state index in [9.17, 15) is 0 Å². The predicted molar refractivity (Wildman–Crippen MR) is 55.2 cm³/mol. The minimum absolute atomic E-state index is 0.621. The molecule has 0 radical (unpaired) electrons. The van der Waals surface area contributed by atoms with Crippen molar-refractivity contribution in [3.63, 3.8) is 0 Å². The lowest BCUT2D eigenvalue weighted by Gasteiger charge is -2.02. The number of rotatable bonds is 4. The summed E-state index contributed by atoms with van der Waals surface area (Å²) >= 11 is 2.11. The summed E-state index contributed by atoms with van der Waals surface area (Å²) in [6.45, 7) is 2.86. The summed E-state index contributed by atoms with van der Waals surface area (Å²) in [5.74, 6) is 0.621. The fourth-order valence-electron chi connectivity index (χ4n) is 0.716. The van der Waals surface area contributed by atoms with E-state index in [0.29, 0.717) is 5.88 Å². The lowest BCUT2D eigenvalue weighted by atomic mass is 10.4. The highest BCUT2D eigenvalue weighted by Gasteiger charge is 1.95. The van der Waals surface area contributed by atoms with Crippen LogP contribution in [-0.4, -0.2) is 16.6 Å². The molecule has 0 aliphatic carbocycles. The van der Waals surface area contributed by atoms with Gasteiger partial charge in [0.2, 0.25) is 5.88 Å². The maximum absolute atomic E-state index is 5.35. The van der Waals surface area contributed by atoms with E-state index < -0.39 is 0 Å². The van der Waals surface area contributed by atoms with Gasteiger partial charge < -0.3 is 4.74 Å². The molecule has 12 heavy (non-hydrogen) atoms. The van der Waals surface area contributed by atoms with Gasteiger partial charge in [0, 0.05) is 0 Å². The van der Waals surface area contributed by atoms with Gasteiger partial charge in [0.25, 0.3) is 0 Å². The largest absolute Gasteiger partial charge is 0.477 e. The Hall–Kier alpha value is -0.390. The standard InChI is InChI=1S/C8H11IN2O/c1-2-3-4-12-8-6-10-5-7(9)11-8/h5-6H,2-4H2,1H3. The summed E-state index contributed by atoms with van der Waals surface area (Å²) in [6.07, 6.45) is 5.54. The van der Waals surface area contributed by atoms with Crippen LogP contribution in [0.2, 0.25) is 0 Å². The van der Waals surface area contributed by atoms with Crippen LogP contribution in [0.25, 0.3) is 0 Å². The summed E-state index contributed by atoms with van der Waals surface area (Å²) in [5.41, 5.74) is 0. The number of unbranched alkanes of at least 4 members (excludes halogenated alkanes) is 1. The van der Waals surface area contributed by atoms with Crippen molar-refractivity contribution in [2.45, 2.75) is 19.8 Å². The van der Waals surface area contributed by atoms with Crippen molar-refractivity contribution in [1.82, 2.24) is 9.97 Å². The third kappa shape index (κ3) is 3.34. The molecule has 0 unspecified atom stereocenters. The van der Waals surface area contributed by atoms with E-state index in [2.05, 4.69) is 39.5 Å². The molecule has 1 heterocycles. The van der Waals surface area contributed by atoms with Crippen LogP contribution in [0.1, 0.15) is 19.8 Å². The van der Waals surface area contributed by atoms with Gasteiger partial charge in [-0.3, -0.25) is 4.98 Å². The molecular formula is C8H11IN2O. The molecule has 0 bridgehead atoms. The lowest BCUT2D eigenvalue weighted by molar-refractivity contribution is 0.296. The molecule has 0 N–H and O–H groups in total. The van der Waals surface area contributed by atoms with Crippen molar-refractivity contribution in [3.8, 4) is 5.88 Å². The Balaban J connectivity index is 2.41. The first-order valence-electron chi connectivity index (χ1n) is 3.93. The highest BCUT2D eigenvalue weighted by atomic mass is 127. The van der Waals surface area contributed by atoms with Crippen LogP contribution in [0.3, 0.4) is 0 Å². The van der Waals surface area contributed by atoms with E-state index in [0.717, 1.165) is 23.1 Å². The molecule has 66 valence electrons. The Morgan fingerprint density at radius 1 is 1.50 bits per heavy atom. The van der Waals surface area contributed by atoms with E-state index in [1.807, 2.05) is 0 Å². The Kier molecular flexibility index (Phi) is 4.27. The molecule has 0 amide bonds. The molecule has 1 rings (SSSR count). The van der Waals surface area contributed by atoms with Gasteiger partial charge in [-0.25, -0.2) is 4.98 Å². The topological polar surface area (TPSA) is 35.0 Å². The Morgan fingerprint density at radius 2 is 2.33 bits per heavy atom. The van der Waals surface area contributed by atoms with Crippen LogP contribution < -0.4 is 4.74 Å². The maximum Gasteiger partial charge on any atom is 0.233 e. The summed E-state index contributed by atoms with van der Waals surface area (Å²) in [6, 6.07) is 0. The van der Waals surface area contributed by atoms with Crippen molar-refractivity contribution in [1.29, 1.82) is 0 Å². The van der Waals surface area contributed by atoms with Crippen LogP contribution in [0.4, 0.5) is 0 Å². The van der Waals surface area contributed by atoms with Gasteiger partial charge in [0.1, 0.15) is 3.70 Å². The number of nitrogens with zero attached hydrogens (tertiary/aromatic N) is 2. The number of hydrogen-bond acceptors (Lipinski definition) is 3. The van der Waals surface area contributed by atoms with E-state index in [4.69, 9.17) is 4.74 Å². The second kappa shape index (κ2) is 5.29. The van der Waals surface area contributed by atoms with Crippen molar-refractivity contribution < 1.29 is 4.74 Å². The summed E-state index contributed by atoms with van der Waals surface area (Å²) in [7, 11) is 0. The zero-order valence-corrected chi connectivity index (χ0v) is 9.11. The highest BCUT2D eigenvalue weighted by molar-refractivity contribution is 14.1. The zero-order valence-electron chi connectivity index (χ0n) is 6.96. The SMILES string of the molecule is CCCCOc1cncc(I)n1. The van der Waals surface area contributed by atoms with Crippen LogP contribution in [-0.2, 0) is 0 Å². The highest BCUT2D eigenvalue weighted by Crippen LogP contribution is 2.07. The van der Waals surface area contributed by atoms with Crippen LogP contribution in [0.5, 0.6) is 5.88 Å². The second-order valence-electron chi connectivity index (χ2n) is 2.38. The number of halogens is 1. The second-order valence-corrected chi connectivity index (χ2v) is 3.49. The quantitative estimate of drug-likeness (QED) is 0.626. The van der Waals surface area contributed by atoms with Crippen molar-refractivity contribution in [3.05, 3.63) is 16.1 Å². The zero-order chi connectivity index (χ0) is 8.81. The van der Waals surface area contributed by atoms with Crippen LogP contribution in [0, 0.1) is 3.70 Å². The monoisotopic (exact) mass is 278 g/mol. The Bertz CT molecular complexity index is 242. The maximum atomic E-state index is 5.35. The van der Waals surface area contributed by atoms with E-state index in [1.54, 1.807) is 12.4 Å². The third-order valence-corrected chi connectivity index (χ3v) is 1.85. The third-order valence-electron chi connectivity index (χ3n) is 1.33. The molecule has 0 saturated heterocycles. The first kappa shape index (κ1) is 9.70. The summed E-state index contributed by atoms with van der Waals surface area (Å²) in [4.78, 5) is 8.11. The fourth-order valence-corrected chi connectivity index (χ4v) is 1.11. The van der Waals surface area contributed by atoms with Gasteiger partial charge in [0.15, 0.2) is 0 Å². The number of aromatic nitrogens is 2. The van der Waals surface area contributed by atoms with E-state index in [1.165, 1.54) is 0 Å². The van der Waals surface area contributed by atoms with E-state index in [-0.39, 0.29) is 0 Å². The number of ether oxygens (including phenoxy) is 1. The van der Waals surface area contributed by atoms with Gasteiger partial charge in [-0.15, -0.1) is 0 Å². The number of hydrogen-bond donors (Lipinski definition) is 0. The molecule has 0 fully saturated rings. The normalized spacial score (nSPS) is 9.83. The first-order chi connectivity index (χ1) is 5.83. The van der Waals surface area contributed by atoms with Crippen molar-refractivity contribution >= 4 is 22.6 Å². The molecule has 4 heteroatoms. The van der Waals surface area contributed by atoms with Gasteiger partial charge >= 0.3 is 0 Å². The molecule has 0 aliphatic rings. The Morgan fingerprint density at radius 3 is 3.00 bits per heavy atom. The van der Waals surface area contributed by atoms with Crippen LogP contribution in [0.15, 0.2) is 12.4 Å². The predicted octanol–water partition coefficient (Wildman–Crippen LogP) is 2.26. The van der Waals surface area contributed by atoms with Crippen molar-refractivity contribution in [2.75, 3.05) is 6.61 Å². The average Bonchev–Trinajstić information content (AvgIpc) is 2.05. The molecule has 0 saturated carbocycles. The molecule has 0 aliphatic heterocycles. The fraction of sp³-hybridized carbons (Fsp3) is 0.500. The molecule has 3 nitrogen and oxygen atoms in total. The van der Waals surface area contributed by atoms with Gasteiger partial charge in [-0.05, 0) is 29.0 Å². The van der Waals surface area contributed by atoms with Crippen LogP contribution >= 0.6 is 22.6 Å². The van der Waals surface area contributed by atoms with E-state index >= 15 is 0 Å². The molecular weight excluding hydrogens is 267 g/mol. The van der Waals surface area contributed by atoms with Gasteiger partial charge in [0.05, 0.1) is 19.0 Å². The summed E-state index contributed by atoms with van der Waals surface area (Å²) in [5, 5.41) is 0. The van der Waals surface area contributed by atoms with Gasteiger partial charge in [-0.1, -0.05) is 13.3 Å².